The van der Waals surface area contributed by atoms with E-state index < -0.39 is 12.6 Å². The molecule has 2 aliphatic rings. The van der Waals surface area contributed by atoms with Gasteiger partial charge < -0.3 is 19.8 Å². The zero-order valence-electron chi connectivity index (χ0n) is 15.2. The summed E-state index contributed by atoms with van der Waals surface area (Å²) < 4.78 is 5.51. The second kappa shape index (κ2) is 7.15. The molecule has 0 spiro atoms. The standard InChI is InChI=1S/C20H18N4O4/c1-12-4-5-14-18(19(12)28-11-17(26)27)23-16(24-8-7-22-20(14)24)9-15(25)13-3-2-6-21-10-13/h2-6,9-10,25H,7-8,11H2,1H3,(H,26,27)/b15-9-. The minimum Gasteiger partial charge on any atom is -0.507 e. The lowest BCUT2D eigenvalue weighted by atomic mass is 10.0. The van der Waals surface area contributed by atoms with Crippen LogP contribution in [0.15, 0.2) is 52.7 Å². The molecule has 0 saturated carbocycles. The van der Waals surface area contributed by atoms with Crippen molar-refractivity contribution in [1.82, 2.24) is 9.88 Å². The summed E-state index contributed by atoms with van der Waals surface area (Å²) in [5.41, 5.74) is 2.64. The smallest absolute Gasteiger partial charge is 0.341 e. The van der Waals surface area contributed by atoms with E-state index in [1.54, 1.807) is 30.6 Å². The maximum Gasteiger partial charge on any atom is 0.341 e. The molecule has 0 amide bonds. The summed E-state index contributed by atoms with van der Waals surface area (Å²) in [5.74, 6) is 0.611. The van der Waals surface area contributed by atoms with Crippen molar-refractivity contribution in [3.8, 4) is 5.75 Å². The number of amidine groups is 2. The second-order valence-electron chi connectivity index (χ2n) is 6.39. The Morgan fingerprint density at radius 1 is 1.32 bits per heavy atom. The molecule has 2 aliphatic heterocycles. The average molecular weight is 378 g/mol. The van der Waals surface area contributed by atoms with Gasteiger partial charge in [-0.1, -0.05) is 6.07 Å². The number of aliphatic hydroxyl groups excluding tert-OH is 1. The fourth-order valence-electron chi connectivity index (χ4n) is 3.19. The maximum atomic E-state index is 11.0. The summed E-state index contributed by atoms with van der Waals surface area (Å²) in [6, 6.07) is 7.25. The van der Waals surface area contributed by atoms with Gasteiger partial charge in [0.1, 0.15) is 28.9 Å². The number of aryl methyl sites for hydroxylation is 1. The van der Waals surface area contributed by atoms with Crippen LogP contribution in [0.1, 0.15) is 16.7 Å². The van der Waals surface area contributed by atoms with Gasteiger partial charge >= 0.3 is 5.97 Å². The summed E-state index contributed by atoms with van der Waals surface area (Å²) >= 11 is 0. The molecular formula is C20H18N4O4. The van der Waals surface area contributed by atoms with Gasteiger partial charge in [-0.3, -0.25) is 9.98 Å². The van der Waals surface area contributed by atoms with Crippen molar-refractivity contribution in [2.75, 3.05) is 19.7 Å². The molecule has 4 rings (SSSR count). The SMILES string of the molecule is Cc1ccc2c(c1OCC(=O)O)N=C(/C=C(\O)c1cccnc1)N1CCN=C21. The summed E-state index contributed by atoms with van der Waals surface area (Å²) in [4.78, 5) is 26.1. The highest BCUT2D eigenvalue weighted by Gasteiger charge is 2.31. The van der Waals surface area contributed by atoms with Crippen LogP contribution in [0, 0.1) is 6.92 Å². The van der Waals surface area contributed by atoms with E-state index in [0.29, 0.717) is 35.9 Å². The van der Waals surface area contributed by atoms with Gasteiger partial charge in [-0.05, 0) is 30.7 Å². The predicted octanol–water partition coefficient (Wildman–Crippen LogP) is 2.56. The number of rotatable bonds is 5. The quantitative estimate of drug-likeness (QED) is 0.774. The zero-order valence-corrected chi connectivity index (χ0v) is 15.2. The van der Waals surface area contributed by atoms with Crippen LogP contribution in [-0.2, 0) is 4.79 Å². The number of benzene rings is 1. The molecule has 0 aliphatic carbocycles. The molecular weight excluding hydrogens is 360 g/mol. The Morgan fingerprint density at radius 3 is 2.93 bits per heavy atom. The lowest BCUT2D eigenvalue weighted by molar-refractivity contribution is -0.139. The molecule has 2 aromatic rings. The molecule has 0 unspecified atom stereocenters. The Labute approximate surface area is 161 Å². The van der Waals surface area contributed by atoms with Gasteiger partial charge in [0.2, 0.25) is 0 Å². The molecule has 0 atom stereocenters. The van der Waals surface area contributed by atoms with Gasteiger partial charge in [0.15, 0.2) is 6.61 Å². The fourth-order valence-corrected chi connectivity index (χ4v) is 3.19. The number of nitrogens with zero attached hydrogens (tertiary/aromatic N) is 4. The maximum absolute atomic E-state index is 11.0. The van der Waals surface area contributed by atoms with Crippen molar-refractivity contribution < 1.29 is 19.7 Å². The third-order valence-corrected chi connectivity index (χ3v) is 4.48. The third-order valence-electron chi connectivity index (χ3n) is 4.48. The molecule has 1 aromatic heterocycles. The van der Waals surface area contributed by atoms with Gasteiger partial charge in [-0.2, -0.15) is 0 Å². The van der Waals surface area contributed by atoms with E-state index in [1.807, 2.05) is 24.0 Å². The molecule has 8 nitrogen and oxygen atoms in total. The number of pyridine rings is 1. The monoisotopic (exact) mass is 378 g/mol. The Hall–Kier alpha value is -3.68. The molecule has 0 saturated heterocycles. The van der Waals surface area contributed by atoms with E-state index in [2.05, 4.69) is 15.0 Å². The topological polar surface area (TPSA) is 108 Å². The van der Waals surface area contributed by atoms with E-state index in [0.717, 1.165) is 17.0 Å². The van der Waals surface area contributed by atoms with Crippen LogP contribution in [0.3, 0.4) is 0 Å². The first-order chi connectivity index (χ1) is 13.5. The minimum absolute atomic E-state index is 0.0298. The summed E-state index contributed by atoms with van der Waals surface area (Å²) in [5, 5.41) is 19.5. The van der Waals surface area contributed by atoms with Crippen LogP contribution < -0.4 is 4.74 Å². The van der Waals surface area contributed by atoms with Gasteiger partial charge in [0, 0.05) is 36.1 Å². The highest BCUT2D eigenvalue weighted by molar-refractivity contribution is 6.20. The van der Waals surface area contributed by atoms with E-state index in [1.165, 1.54) is 0 Å². The zero-order chi connectivity index (χ0) is 19.7. The number of aliphatic carboxylic acids is 1. The van der Waals surface area contributed by atoms with Crippen LogP contribution in [0.5, 0.6) is 5.75 Å². The number of carboxylic acids is 1. The first kappa shape index (κ1) is 17.7. The number of carboxylic acid groups (broad SMARTS) is 1. The highest BCUT2D eigenvalue weighted by atomic mass is 16.5. The summed E-state index contributed by atoms with van der Waals surface area (Å²) in [6.07, 6.45) is 4.75. The number of fused-ring (bicyclic) bond motifs is 3. The van der Waals surface area contributed by atoms with Crippen molar-refractivity contribution in [2.24, 2.45) is 9.98 Å². The van der Waals surface area contributed by atoms with Gasteiger partial charge in [0.05, 0.1) is 6.54 Å². The van der Waals surface area contributed by atoms with E-state index in [-0.39, 0.29) is 5.76 Å². The van der Waals surface area contributed by atoms with Gasteiger partial charge in [-0.25, -0.2) is 9.79 Å². The summed E-state index contributed by atoms with van der Waals surface area (Å²) in [6.45, 7) is 2.62. The second-order valence-corrected chi connectivity index (χ2v) is 6.39. The lowest BCUT2D eigenvalue weighted by Gasteiger charge is -2.27. The van der Waals surface area contributed by atoms with Crippen molar-refractivity contribution in [3.05, 3.63) is 59.4 Å². The number of aliphatic imine (C=N–C) groups is 2. The molecule has 1 aromatic carbocycles. The molecule has 2 N–H and O–H groups in total. The number of aromatic nitrogens is 1. The van der Waals surface area contributed by atoms with Crippen molar-refractivity contribution in [2.45, 2.75) is 6.92 Å². The van der Waals surface area contributed by atoms with Crippen molar-refractivity contribution >= 4 is 29.1 Å². The average Bonchev–Trinajstić information content (AvgIpc) is 3.18. The first-order valence-electron chi connectivity index (χ1n) is 8.75. The lowest BCUT2D eigenvalue weighted by Crippen LogP contribution is -2.36. The van der Waals surface area contributed by atoms with E-state index in [9.17, 15) is 9.90 Å². The van der Waals surface area contributed by atoms with Crippen LogP contribution in [0.4, 0.5) is 5.69 Å². The fraction of sp³-hybridized carbons (Fsp3) is 0.200. The van der Waals surface area contributed by atoms with Crippen molar-refractivity contribution in [3.63, 3.8) is 0 Å². The molecule has 0 bridgehead atoms. The number of aliphatic hydroxyl groups is 1. The van der Waals surface area contributed by atoms with Gasteiger partial charge in [0.25, 0.3) is 0 Å². The normalized spacial score (nSPS) is 15.5. The van der Waals surface area contributed by atoms with Crippen LogP contribution in [0.25, 0.3) is 5.76 Å². The Bertz CT molecular complexity index is 1030. The van der Waals surface area contributed by atoms with Crippen LogP contribution >= 0.6 is 0 Å². The number of hydrogen-bond acceptors (Lipinski definition) is 7. The van der Waals surface area contributed by atoms with Crippen molar-refractivity contribution in [1.29, 1.82) is 0 Å². The highest BCUT2D eigenvalue weighted by Crippen LogP contribution is 2.39. The van der Waals surface area contributed by atoms with Crippen LogP contribution in [-0.4, -0.2) is 57.4 Å². The molecule has 8 heteroatoms. The summed E-state index contributed by atoms with van der Waals surface area (Å²) in [7, 11) is 0. The first-order valence-corrected chi connectivity index (χ1v) is 8.75. The molecule has 0 radical (unpaired) electrons. The predicted molar refractivity (Wildman–Crippen MR) is 104 cm³/mol. The third kappa shape index (κ3) is 3.20. The molecule has 142 valence electrons. The number of hydrogen-bond donors (Lipinski definition) is 2. The van der Waals surface area contributed by atoms with Gasteiger partial charge in [-0.15, -0.1) is 0 Å². The Kier molecular flexibility index (Phi) is 4.52. The van der Waals surface area contributed by atoms with E-state index >= 15 is 0 Å². The Balaban J connectivity index is 1.82. The van der Waals surface area contributed by atoms with E-state index in [4.69, 9.17) is 9.84 Å². The molecule has 0 fully saturated rings. The number of carbonyl (C=O) groups is 1. The molecule has 3 heterocycles. The van der Waals surface area contributed by atoms with Crippen LogP contribution in [0.2, 0.25) is 0 Å². The molecule has 28 heavy (non-hydrogen) atoms. The Morgan fingerprint density at radius 2 is 2.18 bits per heavy atom. The largest absolute Gasteiger partial charge is 0.507 e. The minimum atomic E-state index is -1.06. The number of ether oxygens (including phenoxy) is 1.